The van der Waals surface area contributed by atoms with Crippen molar-refractivity contribution in [3.63, 3.8) is 0 Å². The molecule has 1 rings (SSSR count). The minimum absolute atomic E-state index is 0.0804. The molecule has 0 saturated heterocycles. The van der Waals surface area contributed by atoms with Crippen molar-refractivity contribution in [3.8, 4) is 0 Å². The Morgan fingerprint density at radius 3 is 3.00 bits per heavy atom. The maximum atomic E-state index is 10.9. The number of halogens is 1. The fraction of sp³-hybridized carbons (Fsp3) is 0.375. The van der Waals surface area contributed by atoms with Gasteiger partial charge in [0.25, 0.3) is 5.56 Å². The number of hydrogen-bond donors (Lipinski definition) is 2. The van der Waals surface area contributed by atoms with Crippen LogP contribution >= 0.6 is 15.9 Å². The molecule has 0 amide bonds. The Morgan fingerprint density at radius 1 is 1.67 bits per heavy atom. The highest BCUT2D eigenvalue weighted by atomic mass is 79.9. The first kappa shape index (κ1) is 9.48. The molecule has 3 nitrogen and oxygen atoms in total. The van der Waals surface area contributed by atoms with Gasteiger partial charge in [0.1, 0.15) is 0 Å². The molecule has 1 heterocycles. The van der Waals surface area contributed by atoms with Crippen LogP contribution in [0.4, 0.5) is 0 Å². The number of aromatic nitrogens is 1. The SMILES string of the molecule is CNCCc1c[nH]c(=O)c(Br)c1. The smallest absolute Gasteiger partial charge is 0.262 e. The highest BCUT2D eigenvalue weighted by molar-refractivity contribution is 9.10. The summed E-state index contributed by atoms with van der Waals surface area (Å²) in [5, 5.41) is 3.04. The van der Waals surface area contributed by atoms with Gasteiger partial charge in [0.2, 0.25) is 0 Å². The summed E-state index contributed by atoms with van der Waals surface area (Å²) in [7, 11) is 1.90. The van der Waals surface area contributed by atoms with Gasteiger partial charge in [-0.15, -0.1) is 0 Å². The van der Waals surface area contributed by atoms with E-state index in [1.807, 2.05) is 13.1 Å². The average molecular weight is 231 g/mol. The van der Waals surface area contributed by atoms with E-state index >= 15 is 0 Å². The van der Waals surface area contributed by atoms with E-state index in [9.17, 15) is 4.79 Å². The Morgan fingerprint density at radius 2 is 2.42 bits per heavy atom. The summed E-state index contributed by atoms with van der Waals surface area (Å²) in [6.45, 7) is 0.915. The van der Waals surface area contributed by atoms with Crippen molar-refractivity contribution in [3.05, 3.63) is 32.7 Å². The monoisotopic (exact) mass is 230 g/mol. The molecule has 0 aliphatic rings. The zero-order valence-electron chi connectivity index (χ0n) is 6.86. The van der Waals surface area contributed by atoms with Crippen LogP contribution in [0.2, 0.25) is 0 Å². The Kier molecular flexibility index (Phi) is 3.49. The number of pyridine rings is 1. The summed E-state index contributed by atoms with van der Waals surface area (Å²) in [5.74, 6) is 0. The van der Waals surface area contributed by atoms with Crippen molar-refractivity contribution >= 4 is 15.9 Å². The molecule has 0 unspecified atom stereocenters. The van der Waals surface area contributed by atoms with Crippen LogP contribution in [-0.4, -0.2) is 18.6 Å². The normalized spacial score (nSPS) is 10.2. The van der Waals surface area contributed by atoms with Crippen molar-refractivity contribution < 1.29 is 0 Å². The number of aromatic amines is 1. The van der Waals surface area contributed by atoms with Gasteiger partial charge in [-0.25, -0.2) is 0 Å². The lowest BCUT2D eigenvalue weighted by Crippen LogP contribution is -2.12. The number of likely N-dealkylation sites (N-methyl/N-ethyl adjacent to an activating group) is 1. The van der Waals surface area contributed by atoms with Gasteiger partial charge in [-0.3, -0.25) is 4.79 Å². The third-order valence-electron chi connectivity index (χ3n) is 1.58. The molecule has 0 spiro atoms. The molecular formula is C8H11BrN2O. The van der Waals surface area contributed by atoms with Gasteiger partial charge in [0.05, 0.1) is 4.47 Å². The zero-order valence-corrected chi connectivity index (χ0v) is 8.44. The van der Waals surface area contributed by atoms with Gasteiger partial charge >= 0.3 is 0 Å². The van der Waals surface area contributed by atoms with E-state index in [4.69, 9.17) is 0 Å². The van der Waals surface area contributed by atoms with E-state index in [0.717, 1.165) is 18.5 Å². The van der Waals surface area contributed by atoms with Gasteiger partial charge < -0.3 is 10.3 Å². The van der Waals surface area contributed by atoms with Crippen molar-refractivity contribution in [1.29, 1.82) is 0 Å². The lowest BCUT2D eigenvalue weighted by atomic mass is 10.2. The third kappa shape index (κ3) is 2.46. The van der Waals surface area contributed by atoms with Crippen LogP contribution < -0.4 is 10.9 Å². The highest BCUT2D eigenvalue weighted by Gasteiger charge is 1.96. The maximum Gasteiger partial charge on any atom is 0.262 e. The van der Waals surface area contributed by atoms with Crippen molar-refractivity contribution in [1.82, 2.24) is 10.3 Å². The lowest BCUT2D eigenvalue weighted by Gasteiger charge is -1.99. The molecule has 1 aromatic heterocycles. The maximum absolute atomic E-state index is 10.9. The van der Waals surface area contributed by atoms with E-state index in [0.29, 0.717) is 4.47 Å². The number of nitrogens with one attached hydrogen (secondary N) is 2. The fourth-order valence-corrected chi connectivity index (χ4v) is 1.32. The fourth-order valence-electron chi connectivity index (χ4n) is 0.911. The lowest BCUT2D eigenvalue weighted by molar-refractivity contribution is 0.788. The van der Waals surface area contributed by atoms with E-state index in [2.05, 4.69) is 26.2 Å². The second-order valence-corrected chi connectivity index (χ2v) is 3.39. The number of H-pyrrole nitrogens is 1. The van der Waals surface area contributed by atoms with Crippen LogP contribution in [0.15, 0.2) is 21.5 Å². The Balaban J connectivity index is 2.75. The largest absolute Gasteiger partial charge is 0.328 e. The first-order valence-corrected chi connectivity index (χ1v) is 4.55. The molecule has 12 heavy (non-hydrogen) atoms. The van der Waals surface area contributed by atoms with Crippen molar-refractivity contribution in [2.24, 2.45) is 0 Å². The van der Waals surface area contributed by atoms with E-state index in [-0.39, 0.29) is 5.56 Å². The molecule has 0 aliphatic heterocycles. The minimum Gasteiger partial charge on any atom is -0.328 e. The molecular weight excluding hydrogens is 220 g/mol. The van der Waals surface area contributed by atoms with Crippen LogP contribution in [0.5, 0.6) is 0 Å². The van der Waals surface area contributed by atoms with Gasteiger partial charge in [-0.05, 0) is 47.6 Å². The Labute approximate surface area is 79.3 Å². The quantitative estimate of drug-likeness (QED) is 0.811. The van der Waals surface area contributed by atoms with Crippen LogP contribution in [0, 0.1) is 0 Å². The molecule has 66 valence electrons. The summed E-state index contributed by atoms with van der Waals surface area (Å²) in [5.41, 5.74) is 1.04. The van der Waals surface area contributed by atoms with Crippen molar-refractivity contribution in [2.75, 3.05) is 13.6 Å². The predicted octanol–water partition coefficient (Wildman–Crippen LogP) is 0.899. The summed E-state index contributed by atoms with van der Waals surface area (Å²) in [4.78, 5) is 13.6. The van der Waals surface area contributed by atoms with Gasteiger partial charge in [-0.1, -0.05) is 0 Å². The van der Waals surface area contributed by atoms with Crippen LogP contribution in [-0.2, 0) is 6.42 Å². The summed E-state index contributed by atoms with van der Waals surface area (Å²) in [6, 6.07) is 1.84. The highest BCUT2D eigenvalue weighted by Crippen LogP contribution is 2.04. The predicted molar refractivity (Wildman–Crippen MR) is 52.4 cm³/mol. The van der Waals surface area contributed by atoms with Gasteiger partial charge in [-0.2, -0.15) is 0 Å². The van der Waals surface area contributed by atoms with Gasteiger partial charge in [0, 0.05) is 6.20 Å². The van der Waals surface area contributed by atoms with Gasteiger partial charge in [0.15, 0.2) is 0 Å². The average Bonchev–Trinajstić information content (AvgIpc) is 2.07. The molecule has 0 aliphatic carbocycles. The summed E-state index contributed by atoms with van der Waals surface area (Å²) < 4.78 is 0.594. The molecule has 0 saturated carbocycles. The van der Waals surface area contributed by atoms with Crippen LogP contribution in [0.1, 0.15) is 5.56 Å². The first-order valence-electron chi connectivity index (χ1n) is 3.75. The van der Waals surface area contributed by atoms with E-state index in [1.165, 1.54) is 0 Å². The molecule has 0 radical (unpaired) electrons. The summed E-state index contributed by atoms with van der Waals surface area (Å²) >= 11 is 3.17. The molecule has 0 bridgehead atoms. The molecule has 0 aromatic carbocycles. The second-order valence-electron chi connectivity index (χ2n) is 2.54. The van der Waals surface area contributed by atoms with Crippen LogP contribution in [0.25, 0.3) is 0 Å². The summed E-state index contributed by atoms with van der Waals surface area (Å²) in [6.07, 6.45) is 2.66. The third-order valence-corrected chi connectivity index (χ3v) is 2.17. The van der Waals surface area contributed by atoms with Crippen LogP contribution in [0.3, 0.4) is 0 Å². The van der Waals surface area contributed by atoms with Crippen molar-refractivity contribution in [2.45, 2.75) is 6.42 Å². The number of hydrogen-bond acceptors (Lipinski definition) is 2. The molecule has 2 N–H and O–H groups in total. The Bertz CT molecular complexity index is 308. The molecule has 0 atom stereocenters. The second kappa shape index (κ2) is 4.42. The minimum atomic E-state index is -0.0804. The topological polar surface area (TPSA) is 44.9 Å². The standard InChI is InChI=1S/C8H11BrN2O/c1-10-3-2-6-4-7(9)8(12)11-5-6/h4-5,10H,2-3H2,1H3,(H,11,12). The Hall–Kier alpha value is -0.610. The zero-order chi connectivity index (χ0) is 8.97. The number of rotatable bonds is 3. The molecule has 4 heteroatoms. The van der Waals surface area contributed by atoms with E-state index in [1.54, 1.807) is 6.20 Å². The first-order chi connectivity index (χ1) is 5.74. The molecule has 0 fully saturated rings. The molecule has 1 aromatic rings. The van der Waals surface area contributed by atoms with E-state index < -0.39 is 0 Å².